The molecule has 0 bridgehead atoms. The molecule has 0 radical (unpaired) electrons. The molecule has 1 aliphatic rings. The van der Waals surface area contributed by atoms with Crippen molar-refractivity contribution >= 4 is 5.91 Å². The van der Waals surface area contributed by atoms with Crippen LogP contribution in [0.15, 0.2) is 24.3 Å². The van der Waals surface area contributed by atoms with Crippen LogP contribution in [0.4, 0.5) is 0 Å². The zero-order valence-electron chi connectivity index (χ0n) is 12.3. The molecule has 0 spiro atoms. The molecule has 1 heterocycles. The third-order valence-electron chi connectivity index (χ3n) is 4.23. The molecule has 1 aromatic rings. The molecule has 1 aromatic carbocycles. The van der Waals surface area contributed by atoms with Crippen molar-refractivity contribution in [2.24, 2.45) is 5.92 Å². The Kier molecular flexibility index (Phi) is 4.25. The molecule has 1 fully saturated rings. The summed E-state index contributed by atoms with van der Waals surface area (Å²) in [5, 5.41) is 3.53. The molecular formula is C16H24N2O. The van der Waals surface area contributed by atoms with Gasteiger partial charge in [0.15, 0.2) is 0 Å². The molecule has 19 heavy (non-hydrogen) atoms. The van der Waals surface area contributed by atoms with Gasteiger partial charge in [0, 0.05) is 6.54 Å². The monoisotopic (exact) mass is 260 g/mol. The number of nitrogens with zero attached hydrogens (tertiary/aromatic N) is 1. The van der Waals surface area contributed by atoms with Crippen molar-refractivity contribution in [1.82, 2.24) is 10.2 Å². The second-order valence-electron chi connectivity index (χ2n) is 5.41. The van der Waals surface area contributed by atoms with E-state index in [1.54, 1.807) is 0 Å². The molecule has 3 nitrogen and oxygen atoms in total. The molecule has 1 aliphatic heterocycles. The smallest absolute Gasteiger partial charge is 0.241 e. The number of hydrogen-bond donors (Lipinski definition) is 1. The van der Waals surface area contributed by atoms with Crippen molar-refractivity contribution in [2.45, 2.75) is 46.3 Å². The van der Waals surface area contributed by atoms with E-state index < -0.39 is 0 Å². The Morgan fingerprint density at radius 3 is 2.58 bits per heavy atom. The summed E-state index contributed by atoms with van der Waals surface area (Å²) in [5.74, 6) is 0.612. The predicted octanol–water partition coefficient (Wildman–Crippen LogP) is 2.86. The molecule has 1 amide bonds. The van der Waals surface area contributed by atoms with Gasteiger partial charge in [-0.25, -0.2) is 0 Å². The van der Waals surface area contributed by atoms with Crippen LogP contribution in [0, 0.1) is 12.8 Å². The topological polar surface area (TPSA) is 32.3 Å². The maximum absolute atomic E-state index is 12.5. The average molecular weight is 260 g/mol. The summed E-state index contributed by atoms with van der Waals surface area (Å²) in [6, 6.07) is 8.25. The highest BCUT2D eigenvalue weighted by Gasteiger charge is 2.41. The molecule has 0 saturated carbocycles. The second-order valence-corrected chi connectivity index (χ2v) is 5.41. The molecule has 3 unspecified atom stereocenters. The van der Waals surface area contributed by atoms with E-state index >= 15 is 0 Å². The summed E-state index contributed by atoms with van der Waals surface area (Å²) >= 11 is 0. The molecule has 3 atom stereocenters. The number of nitrogens with one attached hydrogen (secondary N) is 1. The third-order valence-corrected chi connectivity index (χ3v) is 4.23. The standard InChI is InChI=1S/C16H24N2O/c1-5-11(3)14-16(19)18(6-2)15(17-14)13-10-8-7-9-12(13)4/h7-11,14-15,17H,5-6H2,1-4H3. The van der Waals surface area contributed by atoms with E-state index in [1.165, 1.54) is 11.1 Å². The van der Waals surface area contributed by atoms with E-state index in [0.29, 0.717) is 5.92 Å². The van der Waals surface area contributed by atoms with Gasteiger partial charge in [0.1, 0.15) is 6.17 Å². The quantitative estimate of drug-likeness (QED) is 0.903. The fraction of sp³-hybridized carbons (Fsp3) is 0.562. The van der Waals surface area contributed by atoms with E-state index in [9.17, 15) is 4.79 Å². The normalized spacial score (nSPS) is 24.8. The van der Waals surface area contributed by atoms with Crippen molar-refractivity contribution < 1.29 is 4.79 Å². The van der Waals surface area contributed by atoms with Crippen LogP contribution in [0.3, 0.4) is 0 Å². The van der Waals surface area contributed by atoms with Crippen molar-refractivity contribution in [3.8, 4) is 0 Å². The van der Waals surface area contributed by atoms with E-state index in [2.05, 4.69) is 38.2 Å². The van der Waals surface area contributed by atoms with Crippen molar-refractivity contribution in [3.63, 3.8) is 0 Å². The van der Waals surface area contributed by atoms with Crippen LogP contribution in [0.25, 0.3) is 0 Å². The number of likely N-dealkylation sites (N-methyl/N-ethyl adjacent to an activating group) is 1. The Bertz CT molecular complexity index is 458. The first kappa shape index (κ1) is 14.1. The molecule has 3 heteroatoms. The first-order valence-electron chi connectivity index (χ1n) is 7.22. The maximum atomic E-state index is 12.5. The lowest BCUT2D eigenvalue weighted by Gasteiger charge is -2.24. The van der Waals surface area contributed by atoms with Gasteiger partial charge in [0.25, 0.3) is 0 Å². The zero-order valence-corrected chi connectivity index (χ0v) is 12.3. The first-order chi connectivity index (χ1) is 9.10. The van der Waals surface area contributed by atoms with E-state index in [4.69, 9.17) is 0 Å². The molecule has 104 valence electrons. The average Bonchev–Trinajstić information content (AvgIpc) is 2.75. The zero-order chi connectivity index (χ0) is 14.0. The van der Waals surface area contributed by atoms with Gasteiger partial charge in [-0.3, -0.25) is 10.1 Å². The van der Waals surface area contributed by atoms with Crippen LogP contribution < -0.4 is 5.32 Å². The minimum Gasteiger partial charge on any atom is -0.322 e. The molecule has 0 aliphatic carbocycles. The van der Waals surface area contributed by atoms with Crippen LogP contribution in [-0.4, -0.2) is 23.4 Å². The largest absolute Gasteiger partial charge is 0.322 e. The first-order valence-corrected chi connectivity index (χ1v) is 7.22. The SMILES string of the molecule is CCC(C)C1NC(c2ccccc2C)N(CC)C1=O. The fourth-order valence-electron chi connectivity index (χ4n) is 2.77. The molecule has 1 N–H and O–H groups in total. The summed E-state index contributed by atoms with van der Waals surface area (Å²) < 4.78 is 0. The Labute approximate surface area is 116 Å². The van der Waals surface area contributed by atoms with Gasteiger partial charge in [0.2, 0.25) is 5.91 Å². The minimum absolute atomic E-state index is 0.0256. The maximum Gasteiger partial charge on any atom is 0.241 e. The number of aryl methyl sites for hydroxylation is 1. The highest BCUT2D eigenvalue weighted by Crippen LogP contribution is 2.30. The molecular weight excluding hydrogens is 236 g/mol. The summed E-state index contributed by atoms with van der Waals surface area (Å²) in [5.41, 5.74) is 2.44. The Morgan fingerprint density at radius 1 is 1.32 bits per heavy atom. The van der Waals surface area contributed by atoms with Crippen molar-refractivity contribution in [3.05, 3.63) is 35.4 Å². The van der Waals surface area contributed by atoms with E-state index in [-0.39, 0.29) is 18.1 Å². The Balaban J connectivity index is 2.31. The highest BCUT2D eigenvalue weighted by molar-refractivity contribution is 5.85. The number of carbonyl (C=O) groups is 1. The number of amides is 1. The number of hydrogen-bond acceptors (Lipinski definition) is 2. The lowest BCUT2D eigenvalue weighted by Crippen LogP contribution is -2.35. The molecule has 2 rings (SSSR count). The minimum atomic E-state index is -0.0467. The van der Waals surface area contributed by atoms with Gasteiger partial charge in [0.05, 0.1) is 6.04 Å². The number of carbonyl (C=O) groups excluding carboxylic acids is 1. The van der Waals surface area contributed by atoms with E-state index in [0.717, 1.165) is 13.0 Å². The van der Waals surface area contributed by atoms with Gasteiger partial charge in [-0.2, -0.15) is 0 Å². The van der Waals surface area contributed by atoms with Crippen LogP contribution in [0.2, 0.25) is 0 Å². The summed E-state index contributed by atoms with van der Waals surface area (Å²) in [6.07, 6.45) is 1.04. The van der Waals surface area contributed by atoms with Gasteiger partial charge in [-0.05, 0) is 30.9 Å². The lowest BCUT2D eigenvalue weighted by atomic mass is 9.99. The Morgan fingerprint density at radius 2 is 2.00 bits per heavy atom. The van der Waals surface area contributed by atoms with Crippen LogP contribution in [0.5, 0.6) is 0 Å². The van der Waals surface area contributed by atoms with Gasteiger partial charge < -0.3 is 4.90 Å². The third kappa shape index (κ3) is 2.52. The Hall–Kier alpha value is -1.35. The van der Waals surface area contributed by atoms with Gasteiger partial charge in [-0.1, -0.05) is 44.5 Å². The van der Waals surface area contributed by atoms with Crippen LogP contribution >= 0.6 is 0 Å². The molecule has 0 aromatic heterocycles. The summed E-state index contributed by atoms with van der Waals surface area (Å²) in [4.78, 5) is 14.5. The van der Waals surface area contributed by atoms with Crippen molar-refractivity contribution in [1.29, 1.82) is 0 Å². The number of benzene rings is 1. The van der Waals surface area contributed by atoms with Gasteiger partial charge in [-0.15, -0.1) is 0 Å². The van der Waals surface area contributed by atoms with E-state index in [1.807, 2.05) is 24.0 Å². The van der Waals surface area contributed by atoms with Crippen LogP contribution in [0.1, 0.15) is 44.5 Å². The predicted molar refractivity (Wildman–Crippen MR) is 77.7 cm³/mol. The summed E-state index contributed by atoms with van der Waals surface area (Å²) in [7, 11) is 0. The number of rotatable bonds is 4. The van der Waals surface area contributed by atoms with Crippen LogP contribution in [-0.2, 0) is 4.79 Å². The van der Waals surface area contributed by atoms with Gasteiger partial charge >= 0.3 is 0 Å². The fourth-order valence-corrected chi connectivity index (χ4v) is 2.77. The lowest BCUT2D eigenvalue weighted by molar-refractivity contribution is -0.130. The van der Waals surface area contributed by atoms with Crippen molar-refractivity contribution in [2.75, 3.05) is 6.54 Å². The second kappa shape index (κ2) is 5.74. The molecule has 1 saturated heterocycles. The summed E-state index contributed by atoms with van der Waals surface area (Å²) in [6.45, 7) is 9.17. The highest BCUT2D eigenvalue weighted by atomic mass is 16.2.